The van der Waals surface area contributed by atoms with Crippen LogP contribution in [0.25, 0.3) is 0 Å². The first kappa shape index (κ1) is 10.2. The minimum Gasteiger partial charge on any atom is -0.465 e. The molecule has 0 aliphatic rings. The highest BCUT2D eigenvalue weighted by Crippen LogP contribution is 2.14. The number of anilines is 1. The third-order valence-electron chi connectivity index (χ3n) is 1.60. The van der Waals surface area contributed by atoms with Crippen molar-refractivity contribution >= 4 is 18.1 Å². The molecular formula is C9H8FNO3. The smallest absolute Gasteiger partial charge is 0.340 e. The van der Waals surface area contributed by atoms with Crippen LogP contribution >= 0.6 is 0 Å². The average molecular weight is 197 g/mol. The van der Waals surface area contributed by atoms with Gasteiger partial charge in [0.05, 0.1) is 12.7 Å². The summed E-state index contributed by atoms with van der Waals surface area (Å²) in [7, 11) is 1.15. The van der Waals surface area contributed by atoms with E-state index >= 15 is 0 Å². The maximum atomic E-state index is 13.0. The summed E-state index contributed by atoms with van der Waals surface area (Å²) < 4.78 is 17.4. The Labute approximate surface area is 79.7 Å². The highest BCUT2D eigenvalue weighted by Gasteiger charge is 2.12. The van der Waals surface area contributed by atoms with Crippen molar-refractivity contribution < 1.29 is 18.7 Å². The minimum atomic E-state index is -0.781. The van der Waals surface area contributed by atoms with Gasteiger partial charge in [-0.15, -0.1) is 0 Å². The molecule has 0 atom stereocenters. The normalized spacial score (nSPS) is 9.29. The monoisotopic (exact) mass is 197 g/mol. The summed E-state index contributed by atoms with van der Waals surface area (Å²) in [5.74, 6) is -1.47. The second-order valence-corrected chi connectivity index (χ2v) is 2.45. The van der Waals surface area contributed by atoms with Crippen LogP contribution in [-0.4, -0.2) is 19.5 Å². The number of hydrogen-bond acceptors (Lipinski definition) is 3. The minimum absolute atomic E-state index is 0.209. The fraction of sp³-hybridized carbons (Fsp3) is 0.111. The van der Waals surface area contributed by atoms with Crippen LogP contribution in [0.5, 0.6) is 0 Å². The summed E-state index contributed by atoms with van der Waals surface area (Å²) in [4.78, 5) is 21.1. The summed E-state index contributed by atoms with van der Waals surface area (Å²) >= 11 is 0. The predicted octanol–water partition coefficient (Wildman–Crippen LogP) is 1.18. The van der Waals surface area contributed by atoms with Crippen molar-refractivity contribution in [1.82, 2.24) is 0 Å². The van der Waals surface area contributed by atoms with Crippen molar-refractivity contribution in [1.29, 1.82) is 0 Å². The van der Waals surface area contributed by atoms with Gasteiger partial charge in [0.15, 0.2) is 0 Å². The highest BCUT2D eigenvalue weighted by molar-refractivity contribution is 5.91. The summed E-state index contributed by atoms with van der Waals surface area (Å²) in [6, 6.07) is 3.63. The SMILES string of the molecule is COC(=O)c1cc(NC=O)ccc1F. The Bertz CT molecular complexity index is 365. The van der Waals surface area contributed by atoms with Crippen LogP contribution in [0, 0.1) is 5.82 Å². The van der Waals surface area contributed by atoms with E-state index in [1.807, 2.05) is 0 Å². The number of halogens is 1. The number of carbonyl (C=O) groups excluding carboxylic acids is 2. The molecule has 0 aromatic heterocycles. The van der Waals surface area contributed by atoms with Crippen molar-refractivity contribution in [3.8, 4) is 0 Å². The number of methoxy groups -OCH3 is 1. The number of hydrogen-bond donors (Lipinski definition) is 1. The van der Waals surface area contributed by atoms with Crippen LogP contribution in [-0.2, 0) is 9.53 Å². The van der Waals surface area contributed by atoms with E-state index in [-0.39, 0.29) is 5.56 Å². The lowest BCUT2D eigenvalue weighted by Gasteiger charge is -2.03. The Morgan fingerprint density at radius 3 is 2.86 bits per heavy atom. The van der Waals surface area contributed by atoms with Crippen LogP contribution in [0.4, 0.5) is 10.1 Å². The molecule has 0 saturated carbocycles. The van der Waals surface area contributed by atoms with Gasteiger partial charge < -0.3 is 10.1 Å². The van der Waals surface area contributed by atoms with Crippen molar-refractivity contribution in [3.63, 3.8) is 0 Å². The molecule has 1 aromatic rings. The van der Waals surface area contributed by atoms with E-state index in [1.165, 1.54) is 12.1 Å². The first-order valence-electron chi connectivity index (χ1n) is 3.77. The zero-order chi connectivity index (χ0) is 10.6. The molecule has 0 bridgehead atoms. The molecule has 0 heterocycles. The van der Waals surface area contributed by atoms with E-state index in [1.54, 1.807) is 0 Å². The average Bonchev–Trinajstić information content (AvgIpc) is 2.20. The number of rotatable bonds is 3. The van der Waals surface area contributed by atoms with Gasteiger partial charge in [-0.25, -0.2) is 9.18 Å². The Hall–Kier alpha value is -1.91. The molecule has 1 rings (SSSR count). The molecule has 0 spiro atoms. The Kier molecular flexibility index (Phi) is 3.17. The maximum absolute atomic E-state index is 13.0. The van der Waals surface area contributed by atoms with Gasteiger partial charge >= 0.3 is 5.97 Å². The van der Waals surface area contributed by atoms with E-state index < -0.39 is 11.8 Å². The van der Waals surface area contributed by atoms with Crippen LogP contribution < -0.4 is 5.32 Å². The second-order valence-electron chi connectivity index (χ2n) is 2.45. The zero-order valence-corrected chi connectivity index (χ0v) is 7.41. The molecule has 0 unspecified atom stereocenters. The van der Waals surface area contributed by atoms with Gasteiger partial charge in [-0.2, -0.15) is 0 Å². The van der Waals surface area contributed by atoms with E-state index in [9.17, 15) is 14.0 Å². The van der Waals surface area contributed by atoms with E-state index in [4.69, 9.17) is 0 Å². The van der Waals surface area contributed by atoms with Gasteiger partial charge in [-0.3, -0.25) is 4.79 Å². The molecule has 5 heteroatoms. The molecule has 0 aliphatic heterocycles. The number of benzene rings is 1. The third kappa shape index (κ3) is 2.07. The molecule has 14 heavy (non-hydrogen) atoms. The molecule has 1 amide bonds. The summed E-state index contributed by atoms with van der Waals surface area (Å²) in [6.45, 7) is 0. The van der Waals surface area contributed by atoms with Crippen LogP contribution in [0.2, 0.25) is 0 Å². The zero-order valence-electron chi connectivity index (χ0n) is 7.41. The number of esters is 1. The van der Waals surface area contributed by atoms with Gasteiger partial charge in [-0.1, -0.05) is 0 Å². The van der Waals surface area contributed by atoms with Crippen molar-refractivity contribution in [2.24, 2.45) is 0 Å². The number of carbonyl (C=O) groups is 2. The number of ether oxygens (including phenoxy) is 1. The van der Waals surface area contributed by atoms with E-state index in [2.05, 4.69) is 10.1 Å². The summed E-state index contributed by atoms with van der Waals surface area (Å²) in [6.07, 6.45) is 0.439. The predicted molar refractivity (Wildman–Crippen MR) is 47.4 cm³/mol. The molecule has 1 aromatic carbocycles. The molecule has 0 fully saturated rings. The molecule has 74 valence electrons. The standard InChI is InChI=1S/C9H8FNO3/c1-14-9(13)7-4-6(11-5-12)2-3-8(7)10/h2-5H,1H3,(H,11,12). The lowest BCUT2D eigenvalue weighted by atomic mass is 10.2. The molecule has 4 nitrogen and oxygen atoms in total. The molecular weight excluding hydrogens is 189 g/mol. The summed E-state index contributed by atoms with van der Waals surface area (Å²) in [5.41, 5.74) is 0.126. The lowest BCUT2D eigenvalue weighted by molar-refractivity contribution is -0.105. The second kappa shape index (κ2) is 4.36. The van der Waals surface area contributed by atoms with Crippen molar-refractivity contribution in [3.05, 3.63) is 29.6 Å². The molecule has 1 N–H and O–H groups in total. The highest BCUT2D eigenvalue weighted by atomic mass is 19.1. The topological polar surface area (TPSA) is 55.4 Å². The Morgan fingerprint density at radius 1 is 1.57 bits per heavy atom. The quantitative estimate of drug-likeness (QED) is 0.584. The van der Waals surface area contributed by atoms with Crippen molar-refractivity contribution in [2.45, 2.75) is 0 Å². The van der Waals surface area contributed by atoms with Gasteiger partial charge in [0.2, 0.25) is 6.41 Å². The van der Waals surface area contributed by atoms with Gasteiger partial charge in [-0.05, 0) is 18.2 Å². The molecule has 0 aliphatic carbocycles. The number of nitrogens with one attached hydrogen (secondary N) is 1. The maximum Gasteiger partial charge on any atom is 0.340 e. The Balaban J connectivity index is 3.07. The van der Waals surface area contributed by atoms with Crippen molar-refractivity contribution in [2.75, 3.05) is 12.4 Å². The number of amides is 1. The fourth-order valence-electron chi connectivity index (χ4n) is 0.949. The summed E-state index contributed by atoms with van der Waals surface area (Å²) in [5, 5.41) is 2.30. The van der Waals surface area contributed by atoms with Crippen LogP contribution in [0.3, 0.4) is 0 Å². The third-order valence-corrected chi connectivity index (χ3v) is 1.60. The molecule has 0 radical (unpaired) electrons. The van der Waals surface area contributed by atoms with Crippen LogP contribution in [0.15, 0.2) is 18.2 Å². The fourth-order valence-corrected chi connectivity index (χ4v) is 0.949. The van der Waals surface area contributed by atoms with Gasteiger partial charge in [0, 0.05) is 5.69 Å². The Morgan fingerprint density at radius 2 is 2.29 bits per heavy atom. The first-order chi connectivity index (χ1) is 6.69. The van der Waals surface area contributed by atoms with Gasteiger partial charge in [0.25, 0.3) is 0 Å². The van der Waals surface area contributed by atoms with Gasteiger partial charge in [0.1, 0.15) is 5.82 Å². The first-order valence-corrected chi connectivity index (χ1v) is 3.77. The largest absolute Gasteiger partial charge is 0.465 e. The van der Waals surface area contributed by atoms with E-state index in [0.29, 0.717) is 12.1 Å². The molecule has 0 saturated heterocycles. The van der Waals surface area contributed by atoms with Crippen LogP contribution in [0.1, 0.15) is 10.4 Å². The van der Waals surface area contributed by atoms with E-state index in [0.717, 1.165) is 13.2 Å². The lowest BCUT2D eigenvalue weighted by Crippen LogP contribution is -2.05.